The van der Waals surface area contributed by atoms with Crippen LogP contribution in [0.4, 0.5) is 11.4 Å². The van der Waals surface area contributed by atoms with Crippen molar-refractivity contribution in [3.8, 4) is 11.5 Å². The van der Waals surface area contributed by atoms with E-state index in [1.807, 2.05) is 0 Å². The Bertz CT molecular complexity index is 1780. The van der Waals surface area contributed by atoms with Gasteiger partial charge in [-0.1, -0.05) is 83.7 Å². The first-order chi connectivity index (χ1) is 17.5. The maximum atomic E-state index is 6.70. The normalized spacial score (nSPS) is 12.6. The topological polar surface area (TPSA) is 15.7 Å². The zero-order valence-corrected chi connectivity index (χ0v) is 21.0. The van der Waals surface area contributed by atoms with Gasteiger partial charge in [-0.25, -0.2) is 0 Å². The Morgan fingerprint density at radius 1 is 0.556 bits per heavy atom. The molecule has 174 valence electrons. The van der Waals surface area contributed by atoms with E-state index in [0.29, 0.717) is 0 Å². The predicted molar refractivity (Wildman–Crippen MR) is 156 cm³/mol. The molecule has 0 amide bonds. The van der Waals surface area contributed by atoms with Crippen molar-refractivity contribution in [2.24, 2.45) is 0 Å². The van der Waals surface area contributed by atoms with Gasteiger partial charge in [-0.2, -0.15) is 0 Å². The number of anilines is 2. The predicted octanol–water partition coefficient (Wildman–Crippen LogP) is 5.34. The molecule has 0 atom stereocenters. The lowest BCUT2D eigenvalue weighted by molar-refractivity contribution is 0.493. The van der Waals surface area contributed by atoms with Crippen LogP contribution in [0, 0.1) is 0 Å². The summed E-state index contributed by atoms with van der Waals surface area (Å²) in [6.45, 7) is 0.0705. The van der Waals surface area contributed by atoms with Gasteiger partial charge in [0.2, 0.25) is 6.71 Å². The second-order valence-electron chi connectivity index (χ2n) is 10.2. The first-order valence-corrected chi connectivity index (χ1v) is 12.5. The fourth-order valence-electron chi connectivity index (χ4n) is 6.12. The molecule has 0 saturated carbocycles. The van der Waals surface area contributed by atoms with Crippen molar-refractivity contribution in [2.45, 2.75) is 0 Å². The van der Waals surface area contributed by atoms with Crippen LogP contribution in [0.3, 0.4) is 0 Å². The fraction of sp³-hybridized carbons (Fsp3) is 0.125. The van der Waals surface area contributed by atoms with Crippen molar-refractivity contribution in [2.75, 3.05) is 38.0 Å². The van der Waals surface area contributed by atoms with Gasteiger partial charge >= 0.3 is 0 Å². The average molecular weight is 466 g/mol. The molecule has 1 heterocycles. The molecular weight excluding hydrogens is 439 g/mol. The summed E-state index contributed by atoms with van der Waals surface area (Å²) >= 11 is 0. The first kappa shape index (κ1) is 21.1. The number of para-hydroxylation sites is 1. The van der Waals surface area contributed by atoms with Gasteiger partial charge in [0.25, 0.3) is 0 Å². The summed E-state index contributed by atoms with van der Waals surface area (Å²) in [5, 5.41) is 7.62. The molecule has 1 aliphatic rings. The number of hydrogen-bond acceptors (Lipinski definition) is 3. The lowest BCUT2D eigenvalue weighted by atomic mass is 9.36. The summed E-state index contributed by atoms with van der Waals surface area (Å²) in [5.74, 6) is 1.86. The molecule has 0 N–H and O–H groups in total. The number of hydrogen-bond donors (Lipinski definition) is 0. The van der Waals surface area contributed by atoms with Gasteiger partial charge in [0.1, 0.15) is 11.5 Å². The highest BCUT2D eigenvalue weighted by molar-refractivity contribution is 6.97. The SMILES string of the molecule is CN(C)c1cc(N(C)C)c2cc3c4c(ccc5ccc1c2c54)Oc1ccccc1B3c1ccccc1. The number of benzene rings is 6. The molecule has 7 rings (SSSR count). The summed E-state index contributed by atoms with van der Waals surface area (Å²) < 4.78 is 6.70. The minimum atomic E-state index is 0.0705. The summed E-state index contributed by atoms with van der Waals surface area (Å²) in [6.07, 6.45) is 0. The zero-order valence-electron chi connectivity index (χ0n) is 21.0. The van der Waals surface area contributed by atoms with Crippen molar-refractivity contribution in [3.05, 3.63) is 91.0 Å². The van der Waals surface area contributed by atoms with E-state index in [1.54, 1.807) is 0 Å². The maximum Gasteiger partial charge on any atom is 0.247 e. The van der Waals surface area contributed by atoms with Crippen LogP contribution in [0.2, 0.25) is 0 Å². The summed E-state index contributed by atoms with van der Waals surface area (Å²) in [5.41, 5.74) is 6.23. The fourth-order valence-corrected chi connectivity index (χ4v) is 6.12. The van der Waals surface area contributed by atoms with E-state index in [4.69, 9.17) is 4.74 Å². The Morgan fingerprint density at radius 2 is 1.25 bits per heavy atom. The number of rotatable bonds is 3. The van der Waals surface area contributed by atoms with Gasteiger partial charge in [0.15, 0.2) is 0 Å². The van der Waals surface area contributed by atoms with Crippen LogP contribution >= 0.6 is 0 Å². The van der Waals surface area contributed by atoms with Gasteiger partial charge in [-0.3, -0.25) is 0 Å². The van der Waals surface area contributed by atoms with E-state index in [1.165, 1.54) is 60.1 Å². The highest BCUT2D eigenvalue weighted by atomic mass is 16.5. The second-order valence-corrected chi connectivity index (χ2v) is 10.2. The van der Waals surface area contributed by atoms with Crippen molar-refractivity contribution >= 4 is 66.8 Å². The van der Waals surface area contributed by atoms with Gasteiger partial charge in [-0.15, -0.1) is 0 Å². The highest BCUT2D eigenvalue weighted by Gasteiger charge is 2.33. The molecule has 6 aromatic rings. The smallest absolute Gasteiger partial charge is 0.247 e. The van der Waals surface area contributed by atoms with E-state index < -0.39 is 0 Å². The molecule has 0 saturated heterocycles. The molecule has 0 radical (unpaired) electrons. The summed E-state index contributed by atoms with van der Waals surface area (Å²) in [7, 11) is 8.54. The third-order valence-electron chi connectivity index (χ3n) is 7.69. The van der Waals surface area contributed by atoms with Gasteiger partial charge in [-0.05, 0) is 29.0 Å². The largest absolute Gasteiger partial charge is 0.457 e. The van der Waals surface area contributed by atoms with Crippen LogP contribution in [0.5, 0.6) is 11.5 Å². The van der Waals surface area contributed by atoms with E-state index in [9.17, 15) is 0 Å². The first-order valence-electron chi connectivity index (χ1n) is 12.5. The summed E-state index contributed by atoms with van der Waals surface area (Å²) in [4.78, 5) is 4.46. The van der Waals surface area contributed by atoms with Crippen molar-refractivity contribution in [1.82, 2.24) is 0 Å². The lowest BCUT2D eigenvalue weighted by Crippen LogP contribution is -2.51. The van der Waals surface area contributed by atoms with E-state index >= 15 is 0 Å². The molecular formula is C32H27BN2O. The Kier molecular flexibility index (Phi) is 4.50. The summed E-state index contributed by atoms with van der Waals surface area (Å²) in [6, 6.07) is 33.0. The number of ether oxygens (including phenoxy) is 1. The lowest BCUT2D eigenvalue weighted by Gasteiger charge is -2.26. The molecule has 0 bridgehead atoms. The standard InChI is InChI=1S/C32H27BN2O/c1-34(2)26-19-27(35(3)4)23-18-25-32-29(17-15-20-14-16-22(26)31(23)30(20)32)36-28-13-9-8-12-24(28)33(25)21-10-6-5-7-11-21/h5-19H,1-4H3. The van der Waals surface area contributed by atoms with Crippen molar-refractivity contribution in [1.29, 1.82) is 0 Å². The molecule has 4 heteroatoms. The third-order valence-corrected chi connectivity index (χ3v) is 7.69. The minimum absolute atomic E-state index is 0.0705. The number of fused-ring (bicyclic) bond motifs is 1. The minimum Gasteiger partial charge on any atom is -0.457 e. The Morgan fingerprint density at radius 3 is 2.03 bits per heavy atom. The van der Waals surface area contributed by atoms with Crippen molar-refractivity contribution in [3.63, 3.8) is 0 Å². The van der Waals surface area contributed by atoms with E-state index in [-0.39, 0.29) is 6.71 Å². The van der Waals surface area contributed by atoms with Crippen LogP contribution in [0.1, 0.15) is 0 Å². The molecule has 0 unspecified atom stereocenters. The molecule has 0 aliphatic carbocycles. The van der Waals surface area contributed by atoms with Crippen molar-refractivity contribution < 1.29 is 4.74 Å². The molecule has 1 aliphatic heterocycles. The molecule has 6 aromatic carbocycles. The Hall–Kier alpha value is -4.18. The molecule has 0 aromatic heterocycles. The quantitative estimate of drug-likeness (QED) is 0.258. The monoisotopic (exact) mass is 466 g/mol. The van der Waals surface area contributed by atoms with Crippen LogP contribution < -0.4 is 30.9 Å². The third kappa shape index (κ3) is 2.88. The van der Waals surface area contributed by atoms with Gasteiger partial charge in [0, 0.05) is 66.5 Å². The Balaban J connectivity index is 1.73. The van der Waals surface area contributed by atoms with Gasteiger partial charge in [0.05, 0.1) is 0 Å². The Labute approximate surface area is 211 Å². The second kappa shape index (κ2) is 7.66. The van der Waals surface area contributed by atoms with E-state index in [0.717, 1.165) is 11.5 Å². The highest BCUT2D eigenvalue weighted by Crippen LogP contribution is 2.45. The molecule has 0 fully saturated rings. The molecule has 3 nitrogen and oxygen atoms in total. The van der Waals surface area contributed by atoms with Crippen LogP contribution in [-0.4, -0.2) is 34.9 Å². The van der Waals surface area contributed by atoms with Crippen LogP contribution in [0.25, 0.3) is 32.3 Å². The average Bonchev–Trinajstić information content (AvgIpc) is 3.03. The van der Waals surface area contributed by atoms with Crippen LogP contribution in [-0.2, 0) is 0 Å². The van der Waals surface area contributed by atoms with Gasteiger partial charge < -0.3 is 14.5 Å². The molecule has 0 spiro atoms. The number of nitrogens with zero attached hydrogens (tertiary/aromatic N) is 2. The molecule has 36 heavy (non-hydrogen) atoms. The van der Waals surface area contributed by atoms with E-state index in [2.05, 4.69) is 129 Å². The zero-order chi connectivity index (χ0) is 24.6. The van der Waals surface area contributed by atoms with Crippen LogP contribution in [0.15, 0.2) is 91.0 Å². The maximum absolute atomic E-state index is 6.70.